The lowest BCUT2D eigenvalue weighted by atomic mass is 9.91. The first kappa shape index (κ1) is 22.4. The second-order valence-corrected chi connectivity index (χ2v) is 9.77. The topological polar surface area (TPSA) is 16.4 Å². The molecular formula is C36H27NO. The van der Waals surface area contributed by atoms with E-state index in [2.05, 4.69) is 138 Å². The van der Waals surface area contributed by atoms with Crippen molar-refractivity contribution in [1.29, 1.82) is 0 Å². The van der Waals surface area contributed by atoms with Crippen LogP contribution < -0.4 is 4.90 Å². The predicted octanol–water partition coefficient (Wildman–Crippen LogP) is 10.0. The average Bonchev–Trinajstić information content (AvgIpc) is 3.37. The lowest BCUT2D eigenvalue weighted by molar-refractivity contribution is 0.669. The van der Waals surface area contributed by atoms with Gasteiger partial charge in [-0.3, -0.25) is 0 Å². The molecule has 5 aromatic carbocycles. The van der Waals surface area contributed by atoms with Gasteiger partial charge in [0.15, 0.2) is 0 Å². The Morgan fingerprint density at radius 1 is 0.579 bits per heavy atom. The van der Waals surface area contributed by atoms with Crippen molar-refractivity contribution in [2.45, 2.75) is 12.3 Å². The Morgan fingerprint density at radius 2 is 1.24 bits per heavy atom. The number of fused-ring (bicyclic) bond motifs is 3. The van der Waals surface area contributed by atoms with E-state index in [-0.39, 0.29) is 0 Å². The molecule has 1 aliphatic carbocycles. The second kappa shape index (κ2) is 9.57. The summed E-state index contributed by atoms with van der Waals surface area (Å²) in [5.41, 5.74) is 9.03. The highest BCUT2D eigenvalue weighted by atomic mass is 16.3. The van der Waals surface area contributed by atoms with Crippen LogP contribution in [0.3, 0.4) is 0 Å². The maximum absolute atomic E-state index is 6.12. The fourth-order valence-electron chi connectivity index (χ4n) is 5.46. The van der Waals surface area contributed by atoms with Crippen LogP contribution >= 0.6 is 0 Å². The Kier molecular flexibility index (Phi) is 5.64. The molecule has 1 atom stereocenters. The number of furan rings is 1. The van der Waals surface area contributed by atoms with Crippen molar-refractivity contribution in [3.8, 4) is 11.1 Å². The highest BCUT2D eigenvalue weighted by molar-refractivity contribution is 6.06. The van der Waals surface area contributed by atoms with E-state index in [9.17, 15) is 0 Å². The molecule has 1 heterocycles. The third-order valence-electron chi connectivity index (χ3n) is 7.42. The summed E-state index contributed by atoms with van der Waals surface area (Å²) in [4.78, 5) is 2.35. The first-order chi connectivity index (χ1) is 18.8. The van der Waals surface area contributed by atoms with Gasteiger partial charge >= 0.3 is 0 Å². The lowest BCUT2D eigenvalue weighted by Crippen LogP contribution is -2.17. The summed E-state index contributed by atoms with van der Waals surface area (Å²) in [5, 5.41) is 2.27. The van der Waals surface area contributed by atoms with Gasteiger partial charge in [0.25, 0.3) is 0 Å². The molecule has 0 N–H and O–H groups in total. The molecule has 6 aromatic rings. The van der Waals surface area contributed by atoms with Crippen molar-refractivity contribution in [1.82, 2.24) is 0 Å². The number of para-hydroxylation sites is 1. The van der Waals surface area contributed by atoms with Crippen molar-refractivity contribution in [2.75, 3.05) is 4.90 Å². The number of nitrogens with zero attached hydrogens (tertiary/aromatic N) is 1. The van der Waals surface area contributed by atoms with Crippen molar-refractivity contribution < 1.29 is 4.42 Å². The number of hydrogen-bond acceptors (Lipinski definition) is 2. The number of anilines is 2. The summed E-state index contributed by atoms with van der Waals surface area (Å²) in [6, 6.07) is 44.9. The fraction of sp³-hybridized carbons (Fsp3) is 0.0556. The minimum Gasteiger partial charge on any atom is -0.456 e. The highest BCUT2D eigenvalue weighted by Gasteiger charge is 2.19. The van der Waals surface area contributed by atoms with Gasteiger partial charge in [0.05, 0.1) is 0 Å². The monoisotopic (exact) mass is 489 g/mol. The fourth-order valence-corrected chi connectivity index (χ4v) is 5.46. The van der Waals surface area contributed by atoms with Gasteiger partial charge in [-0.05, 0) is 65.6 Å². The number of benzene rings is 5. The van der Waals surface area contributed by atoms with Gasteiger partial charge < -0.3 is 9.32 Å². The molecule has 38 heavy (non-hydrogen) atoms. The van der Waals surface area contributed by atoms with Crippen LogP contribution in [0.1, 0.15) is 17.9 Å². The maximum atomic E-state index is 6.12. The Labute approximate surface area is 222 Å². The van der Waals surface area contributed by atoms with E-state index >= 15 is 0 Å². The molecule has 0 amide bonds. The SMILES string of the molecule is C1=CC(c2ccccc2)CC=C1N(c1ccc(-c2ccccc2)cc1)c1ccc2oc3ccccc3c2c1. The first-order valence-electron chi connectivity index (χ1n) is 13.1. The Hall–Kier alpha value is -4.82. The van der Waals surface area contributed by atoms with Crippen LogP contribution in [-0.4, -0.2) is 0 Å². The molecule has 0 saturated heterocycles. The van der Waals surface area contributed by atoms with Crippen molar-refractivity contribution in [3.63, 3.8) is 0 Å². The van der Waals surface area contributed by atoms with Crippen LogP contribution in [0.25, 0.3) is 33.1 Å². The lowest BCUT2D eigenvalue weighted by Gasteiger charge is -2.29. The quantitative estimate of drug-likeness (QED) is 0.239. The first-order valence-corrected chi connectivity index (χ1v) is 13.1. The Morgan fingerprint density at radius 3 is 2.00 bits per heavy atom. The summed E-state index contributed by atoms with van der Waals surface area (Å²) in [5.74, 6) is 0.391. The van der Waals surface area contributed by atoms with Gasteiger partial charge in [-0.1, -0.05) is 103 Å². The van der Waals surface area contributed by atoms with E-state index in [1.54, 1.807) is 0 Å². The molecule has 182 valence electrons. The van der Waals surface area contributed by atoms with Crippen LogP contribution in [0.4, 0.5) is 11.4 Å². The van der Waals surface area contributed by atoms with E-state index in [0.717, 1.165) is 39.7 Å². The Balaban J connectivity index is 1.31. The zero-order valence-electron chi connectivity index (χ0n) is 21.0. The molecule has 0 radical (unpaired) electrons. The Bertz CT molecular complexity index is 1780. The van der Waals surface area contributed by atoms with Crippen LogP contribution in [0, 0.1) is 0 Å². The van der Waals surface area contributed by atoms with Crippen LogP contribution in [0.5, 0.6) is 0 Å². The minimum absolute atomic E-state index is 0.391. The van der Waals surface area contributed by atoms with Gasteiger partial charge in [-0.15, -0.1) is 0 Å². The van der Waals surface area contributed by atoms with Crippen LogP contribution in [0.2, 0.25) is 0 Å². The normalized spacial score (nSPS) is 15.1. The van der Waals surface area contributed by atoms with E-state index in [0.29, 0.717) is 5.92 Å². The zero-order chi connectivity index (χ0) is 25.3. The van der Waals surface area contributed by atoms with Gasteiger partial charge in [-0.2, -0.15) is 0 Å². The van der Waals surface area contributed by atoms with Gasteiger partial charge in [0.2, 0.25) is 0 Å². The minimum atomic E-state index is 0.391. The van der Waals surface area contributed by atoms with Gasteiger partial charge in [0.1, 0.15) is 11.2 Å². The molecule has 0 aliphatic heterocycles. The van der Waals surface area contributed by atoms with Crippen molar-refractivity contribution in [2.24, 2.45) is 0 Å². The van der Waals surface area contributed by atoms with Crippen LogP contribution in [-0.2, 0) is 0 Å². The molecule has 0 spiro atoms. The molecular weight excluding hydrogens is 462 g/mol. The molecule has 1 unspecified atom stereocenters. The van der Waals surface area contributed by atoms with Crippen molar-refractivity contribution in [3.05, 3.63) is 157 Å². The van der Waals surface area contributed by atoms with Crippen molar-refractivity contribution >= 4 is 33.3 Å². The number of hydrogen-bond donors (Lipinski definition) is 0. The summed E-state index contributed by atoms with van der Waals surface area (Å²) in [6.07, 6.45) is 7.93. The molecule has 2 nitrogen and oxygen atoms in total. The zero-order valence-corrected chi connectivity index (χ0v) is 21.0. The van der Waals surface area contributed by atoms with E-state index < -0.39 is 0 Å². The molecule has 0 bridgehead atoms. The highest BCUT2D eigenvalue weighted by Crippen LogP contribution is 2.39. The molecule has 1 aromatic heterocycles. The second-order valence-electron chi connectivity index (χ2n) is 9.77. The maximum Gasteiger partial charge on any atom is 0.135 e. The summed E-state index contributed by atoms with van der Waals surface area (Å²) in [6.45, 7) is 0. The molecule has 2 heteroatoms. The predicted molar refractivity (Wildman–Crippen MR) is 159 cm³/mol. The van der Waals surface area contributed by atoms with E-state index in [4.69, 9.17) is 4.42 Å². The summed E-state index contributed by atoms with van der Waals surface area (Å²) < 4.78 is 6.12. The van der Waals surface area contributed by atoms with E-state index in [1.165, 1.54) is 22.4 Å². The third kappa shape index (κ3) is 4.10. The standard InChI is InChI=1S/C36H27NO/c1-3-9-26(10-4-1)28-15-19-30(20-16-28)37(31-21-17-29(18-22-31)27-11-5-2-6-12-27)32-23-24-36-34(25-32)33-13-7-8-14-35(33)38-36/h1-17,19-25,29H,18H2. The summed E-state index contributed by atoms with van der Waals surface area (Å²) >= 11 is 0. The smallest absolute Gasteiger partial charge is 0.135 e. The van der Waals surface area contributed by atoms with E-state index in [1.807, 2.05) is 12.1 Å². The van der Waals surface area contributed by atoms with Crippen LogP contribution in [0.15, 0.2) is 156 Å². The molecule has 0 fully saturated rings. The molecule has 0 saturated carbocycles. The largest absolute Gasteiger partial charge is 0.456 e. The summed E-state index contributed by atoms with van der Waals surface area (Å²) in [7, 11) is 0. The average molecular weight is 490 g/mol. The third-order valence-corrected chi connectivity index (χ3v) is 7.42. The van der Waals surface area contributed by atoms with Gasteiger partial charge in [-0.25, -0.2) is 0 Å². The molecule has 1 aliphatic rings. The molecule has 7 rings (SSSR count). The number of allylic oxidation sites excluding steroid dienone is 3. The van der Waals surface area contributed by atoms with Gasteiger partial charge in [0, 0.05) is 33.8 Å². The number of rotatable bonds is 5.